The van der Waals surface area contributed by atoms with Crippen LogP contribution in [0.25, 0.3) is 43.6 Å². The molecule has 0 spiro atoms. The molecule has 2 heterocycles. The van der Waals surface area contributed by atoms with E-state index in [1.54, 1.807) is 6.07 Å². The second-order valence-corrected chi connectivity index (χ2v) is 11.8. The average molecular weight is 469 g/mol. The molecule has 5 aromatic rings. The monoisotopic (exact) mass is 468 g/mol. The number of rotatable bonds is 2. The number of nitrogens with zero attached hydrogens (tertiary/aromatic N) is 1. The van der Waals surface area contributed by atoms with Crippen LogP contribution in [0.4, 0.5) is 0 Å². The molecular weight excluding hydrogens is 426 g/mol. The van der Waals surface area contributed by atoms with Gasteiger partial charge in [-0.1, -0.05) is 83.9 Å². The summed E-state index contributed by atoms with van der Waals surface area (Å²) in [7, 11) is 0. The van der Waals surface area contributed by atoms with Gasteiger partial charge in [0.05, 0.1) is 23.4 Å². The first-order valence-corrected chi connectivity index (χ1v) is 11.9. The molecule has 4 aromatic carbocycles. The van der Waals surface area contributed by atoms with Crippen LogP contribution in [-0.2, 0) is 12.8 Å². The van der Waals surface area contributed by atoms with Gasteiger partial charge >= 0.3 is 0 Å². The molecule has 0 saturated heterocycles. The summed E-state index contributed by atoms with van der Waals surface area (Å²) in [4.78, 5) is 4.52. The third kappa shape index (κ3) is 3.76. The summed E-state index contributed by atoms with van der Waals surface area (Å²) < 4.78 is 85.4. The number of hydrogen-bond donors (Lipinski definition) is 0. The van der Waals surface area contributed by atoms with E-state index in [9.17, 15) is 1.37 Å². The highest BCUT2D eigenvalue weighted by Gasteiger charge is 2.28. The summed E-state index contributed by atoms with van der Waals surface area (Å²) in [6.45, 7) is 12.1. The second kappa shape index (κ2) is 7.55. The predicted octanol–water partition coefficient (Wildman–Crippen LogP) is 9.49. The summed E-state index contributed by atoms with van der Waals surface area (Å²) in [5, 5.41) is 2.10. The van der Waals surface area contributed by atoms with E-state index in [1.807, 2.05) is 41.5 Å². The first kappa shape index (κ1) is 14.2. The fraction of sp³-hybridized carbons (Fsp3) is 0.303. The Balaban J connectivity index is 1.87. The molecule has 0 radical (unpaired) electrons. The molecule has 35 heavy (non-hydrogen) atoms. The van der Waals surface area contributed by atoms with Gasteiger partial charge in [0.2, 0.25) is 0 Å². The molecule has 0 saturated carbocycles. The summed E-state index contributed by atoms with van der Waals surface area (Å²) in [5.74, 6) is 0.433. The van der Waals surface area contributed by atoms with E-state index < -0.39 is 0 Å². The molecule has 2 nitrogen and oxygen atoms in total. The molecule has 0 bridgehead atoms. The standard InChI is InChI=1S/C33H33NO/c1-32(2,3)18-21-11-9-13-23-24-14-15-34-30-26-16-20-10-7-8-12-22(20)27(19-33(4,5)6)31(26)35-28(29(24)30)17-25(21)23/h7-17H,18-19H2,1-6H3/i7D,8D,9D,10D,11D,12D,14D,15D,17D. The first-order valence-electron chi connectivity index (χ1n) is 16.4. The minimum atomic E-state index is -0.359. The maximum atomic E-state index is 9.46. The largest absolute Gasteiger partial charge is 0.456 e. The second-order valence-electron chi connectivity index (χ2n) is 11.8. The van der Waals surface area contributed by atoms with E-state index in [1.165, 1.54) is 6.07 Å². The van der Waals surface area contributed by atoms with Gasteiger partial charge in [-0.05, 0) is 74.3 Å². The lowest BCUT2D eigenvalue weighted by Gasteiger charge is -2.28. The number of aromatic nitrogens is 1. The predicted molar refractivity (Wildman–Crippen MR) is 149 cm³/mol. The number of ether oxygens (including phenoxy) is 1. The Labute approximate surface area is 220 Å². The molecule has 0 amide bonds. The molecule has 0 N–H and O–H groups in total. The molecule has 176 valence electrons. The zero-order valence-electron chi connectivity index (χ0n) is 29.9. The van der Waals surface area contributed by atoms with Crippen molar-refractivity contribution in [1.29, 1.82) is 0 Å². The maximum Gasteiger partial charge on any atom is 0.140 e. The maximum absolute atomic E-state index is 9.46. The lowest BCUT2D eigenvalue weighted by Crippen LogP contribution is -2.12. The quantitative estimate of drug-likeness (QED) is 0.236. The van der Waals surface area contributed by atoms with Gasteiger partial charge in [0.1, 0.15) is 11.5 Å². The molecule has 1 aliphatic heterocycles. The van der Waals surface area contributed by atoms with Crippen LogP contribution in [0.2, 0.25) is 0 Å². The van der Waals surface area contributed by atoms with Crippen LogP contribution in [0.5, 0.6) is 11.5 Å². The minimum Gasteiger partial charge on any atom is -0.456 e. The molecule has 0 aliphatic carbocycles. The third-order valence-corrected chi connectivity index (χ3v) is 6.28. The van der Waals surface area contributed by atoms with Gasteiger partial charge in [0.25, 0.3) is 0 Å². The van der Waals surface area contributed by atoms with Crippen molar-refractivity contribution in [3.8, 4) is 22.8 Å². The van der Waals surface area contributed by atoms with Crippen molar-refractivity contribution in [3.05, 3.63) is 77.8 Å². The minimum absolute atomic E-state index is 0.00556. The molecule has 1 aromatic heterocycles. The summed E-state index contributed by atoms with van der Waals surface area (Å²) in [6, 6.07) is 1.78. The Morgan fingerprint density at radius 1 is 0.829 bits per heavy atom. The number of pyridine rings is 1. The van der Waals surface area contributed by atoms with E-state index in [0.29, 0.717) is 67.6 Å². The van der Waals surface area contributed by atoms with Crippen molar-refractivity contribution >= 4 is 32.3 Å². The van der Waals surface area contributed by atoms with E-state index in [4.69, 9.17) is 15.7 Å². The molecule has 2 heteroatoms. The van der Waals surface area contributed by atoms with Gasteiger partial charge in [-0.2, -0.15) is 0 Å². The molecule has 0 atom stereocenters. The van der Waals surface area contributed by atoms with Crippen molar-refractivity contribution in [2.24, 2.45) is 10.8 Å². The first-order chi connectivity index (χ1) is 20.3. The Morgan fingerprint density at radius 3 is 2.37 bits per heavy atom. The lowest BCUT2D eigenvalue weighted by atomic mass is 9.83. The fourth-order valence-corrected chi connectivity index (χ4v) is 4.99. The highest BCUT2D eigenvalue weighted by Crippen LogP contribution is 2.51. The smallest absolute Gasteiger partial charge is 0.140 e. The van der Waals surface area contributed by atoms with Gasteiger partial charge < -0.3 is 4.74 Å². The van der Waals surface area contributed by atoms with Gasteiger partial charge in [0, 0.05) is 17.3 Å². The number of hydrogen-bond acceptors (Lipinski definition) is 2. The van der Waals surface area contributed by atoms with Gasteiger partial charge in [-0.15, -0.1) is 0 Å². The number of benzene rings is 4. The van der Waals surface area contributed by atoms with E-state index >= 15 is 0 Å². The van der Waals surface area contributed by atoms with Gasteiger partial charge in [0.15, 0.2) is 0 Å². The van der Waals surface area contributed by atoms with Crippen molar-refractivity contribution < 1.29 is 17.1 Å². The summed E-state index contributed by atoms with van der Waals surface area (Å²) in [5.41, 5.74) is 1.16. The molecule has 6 rings (SSSR count). The fourth-order valence-electron chi connectivity index (χ4n) is 4.99. The highest BCUT2D eigenvalue weighted by atomic mass is 16.5. The Morgan fingerprint density at radius 2 is 1.60 bits per heavy atom. The molecule has 0 unspecified atom stereocenters. The van der Waals surface area contributed by atoms with Crippen molar-refractivity contribution in [3.63, 3.8) is 0 Å². The molecule has 1 aliphatic rings. The SMILES string of the molecule is [2H]c1cc2c(c([2H])c3c4c(nc([2H])c([2H])c42)-c2cc4c([2H])c([2H])c([2H])c([2H])c4c(CC(C)(C)C)c2O3)c(CC(C)(C)C)c1[2H]. The Kier molecular flexibility index (Phi) is 3.07. The zero-order valence-corrected chi connectivity index (χ0v) is 20.9. The van der Waals surface area contributed by atoms with Crippen molar-refractivity contribution in [2.45, 2.75) is 54.4 Å². The Hall–Kier alpha value is -3.39. The molecular formula is C33H33NO. The third-order valence-electron chi connectivity index (χ3n) is 6.28. The number of fused-ring (bicyclic) bond motifs is 5. The highest BCUT2D eigenvalue weighted by molar-refractivity contribution is 6.17. The van der Waals surface area contributed by atoms with Crippen LogP contribution >= 0.6 is 0 Å². The van der Waals surface area contributed by atoms with Gasteiger partial charge in [-0.3, -0.25) is 4.98 Å². The van der Waals surface area contributed by atoms with Crippen LogP contribution in [0.15, 0.2) is 66.6 Å². The zero-order chi connectivity index (χ0) is 32.4. The van der Waals surface area contributed by atoms with E-state index in [0.717, 1.165) is 0 Å². The van der Waals surface area contributed by atoms with Crippen LogP contribution in [0.3, 0.4) is 0 Å². The van der Waals surface area contributed by atoms with Crippen LogP contribution in [-0.4, -0.2) is 4.98 Å². The van der Waals surface area contributed by atoms with E-state index in [-0.39, 0.29) is 76.8 Å². The Bertz CT molecular complexity index is 2110. The summed E-state index contributed by atoms with van der Waals surface area (Å²) in [6.07, 6.45) is 0.473. The van der Waals surface area contributed by atoms with Crippen LogP contribution in [0, 0.1) is 10.8 Å². The normalized spacial score (nSPS) is 16.9. The van der Waals surface area contributed by atoms with Crippen LogP contribution in [0.1, 0.15) is 65.0 Å². The molecule has 0 fully saturated rings. The average Bonchev–Trinajstić information content (AvgIpc) is 2.91. The van der Waals surface area contributed by atoms with Crippen LogP contribution < -0.4 is 4.74 Å². The van der Waals surface area contributed by atoms with E-state index in [2.05, 4.69) is 4.98 Å². The van der Waals surface area contributed by atoms with Crippen molar-refractivity contribution in [2.75, 3.05) is 0 Å². The lowest BCUT2D eigenvalue weighted by molar-refractivity contribution is 0.400. The summed E-state index contributed by atoms with van der Waals surface area (Å²) >= 11 is 0. The van der Waals surface area contributed by atoms with Crippen molar-refractivity contribution in [1.82, 2.24) is 4.98 Å². The van der Waals surface area contributed by atoms with Gasteiger partial charge in [-0.25, -0.2) is 0 Å². The topological polar surface area (TPSA) is 22.1 Å².